The van der Waals surface area contributed by atoms with E-state index in [1.54, 1.807) is 0 Å². The maximum atomic E-state index is 5.61. The Labute approximate surface area is 65.8 Å². The minimum Gasteiger partial charge on any atom is -0.399 e. The second kappa shape index (κ2) is 2.09. The highest BCUT2D eigenvalue weighted by Gasteiger charge is 2.17. The van der Waals surface area contributed by atoms with E-state index in [-0.39, 0.29) is 0 Å². The second-order valence-corrected chi connectivity index (χ2v) is 2.87. The van der Waals surface area contributed by atoms with Gasteiger partial charge in [0.05, 0.1) is 5.71 Å². The number of aliphatic imine (C=N–C) groups is 1. The van der Waals surface area contributed by atoms with Crippen LogP contribution < -0.4 is 5.73 Å². The summed E-state index contributed by atoms with van der Waals surface area (Å²) >= 11 is 0. The first-order valence-corrected chi connectivity index (χ1v) is 3.68. The molecule has 0 radical (unpaired) electrons. The van der Waals surface area contributed by atoms with Crippen molar-refractivity contribution in [2.75, 3.05) is 0 Å². The second-order valence-electron chi connectivity index (χ2n) is 2.87. The highest BCUT2D eigenvalue weighted by atomic mass is 14.8. The Kier molecular flexibility index (Phi) is 1.22. The average molecular weight is 146 g/mol. The highest BCUT2D eigenvalue weighted by molar-refractivity contribution is 6.03. The lowest BCUT2D eigenvalue weighted by atomic mass is 9.99. The molecule has 1 aliphatic heterocycles. The lowest BCUT2D eigenvalue weighted by Crippen LogP contribution is -2.11. The van der Waals surface area contributed by atoms with E-state index in [0.29, 0.717) is 5.92 Å². The summed E-state index contributed by atoms with van der Waals surface area (Å²) in [6.45, 7) is 2.00. The molecule has 0 saturated carbocycles. The molecular weight excluding hydrogens is 136 g/mol. The molecule has 0 spiro atoms. The zero-order valence-electron chi connectivity index (χ0n) is 6.41. The van der Waals surface area contributed by atoms with Crippen molar-refractivity contribution in [3.63, 3.8) is 0 Å². The van der Waals surface area contributed by atoms with Crippen LogP contribution >= 0.6 is 0 Å². The first kappa shape index (κ1) is 6.40. The smallest absolute Gasteiger partial charge is 0.0534 e. The summed E-state index contributed by atoms with van der Waals surface area (Å²) in [7, 11) is 0. The molecular formula is C9H10N2. The molecule has 1 aliphatic carbocycles. The maximum Gasteiger partial charge on any atom is 0.0534 e. The van der Waals surface area contributed by atoms with E-state index >= 15 is 0 Å². The topological polar surface area (TPSA) is 38.4 Å². The summed E-state index contributed by atoms with van der Waals surface area (Å²) in [5.74, 6) is 0.377. The summed E-state index contributed by atoms with van der Waals surface area (Å²) in [5, 5.41) is 0. The van der Waals surface area contributed by atoms with Gasteiger partial charge in [-0.3, -0.25) is 4.99 Å². The number of nitrogens with two attached hydrogens (primary N) is 1. The van der Waals surface area contributed by atoms with Crippen LogP contribution in [0.3, 0.4) is 0 Å². The van der Waals surface area contributed by atoms with Gasteiger partial charge in [-0.1, -0.05) is 12.2 Å². The van der Waals surface area contributed by atoms with Crippen LogP contribution in [0.15, 0.2) is 40.7 Å². The summed E-state index contributed by atoms with van der Waals surface area (Å²) in [6, 6.07) is 0. The molecule has 0 aromatic rings. The first-order chi connectivity index (χ1) is 5.25. The number of fused-ring (bicyclic) bond motifs is 1. The molecule has 0 aromatic carbocycles. The molecule has 2 heteroatoms. The van der Waals surface area contributed by atoms with Gasteiger partial charge in [0.15, 0.2) is 0 Å². The van der Waals surface area contributed by atoms with E-state index in [1.807, 2.05) is 19.1 Å². The van der Waals surface area contributed by atoms with Gasteiger partial charge >= 0.3 is 0 Å². The molecule has 0 bridgehead atoms. The van der Waals surface area contributed by atoms with Gasteiger partial charge in [-0.2, -0.15) is 0 Å². The summed E-state index contributed by atoms with van der Waals surface area (Å²) < 4.78 is 0. The van der Waals surface area contributed by atoms with Crippen LogP contribution in [-0.2, 0) is 0 Å². The third-order valence-corrected chi connectivity index (χ3v) is 1.88. The number of hydrogen-bond donors (Lipinski definition) is 1. The van der Waals surface area contributed by atoms with E-state index in [4.69, 9.17) is 5.73 Å². The Morgan fingerprint density at radius 2 is 2.36 bits per heavy atom. The monoisotopic (exact) mass is 146 g/mol. The summed E-state index contributed by atoms with van der Waals surface area (Å²) in [4.78, 5) is 4.33. The molecule has 0 amide bonds. The Bertz CT molecular complexity index is 306. The van der Waals surface area contributed by atoms with Gasteiger partial charge in [-0.05, 0) is 19.1 Å². The van der Waals surface area contributed by atoms with Crippen LogP contribution in [0.1, 0.15) is 6.92 Å². The Morgan fingerprint density at radius 3 is 3.18 bits per heavy atom. The van der Waals surface area contributed by atoms with Crippen molar-refractivity contribution in [1.29, 1.82) is 0 Å². The molecule has 56 valence electrons. The van der Waals surface area contributed by atoms with Crippen molar-refractivity contribution in [3.8, 4) is 0 Å². The Balaban J connectivity index is 2.39. The van der Waals surface area contributed by atoms with Gasteiger partial charge < -0.3 is 5.73 Å². The predicted molar refractivity (Wildman–Crippen MR) is 46.1 cm³/mol. The lowest BCUT2D eigenvalue weighted by Gasteiger charge is -2.07. The van der Waals surface area contributed by atoms with Crippen LogP contribution in [0.5, 0.6) is 0 Å². The van der Waals surface area contributed by atoms with Crippen molar-refractivity contribution in [3.05, 3.63) is 35.7 Å². The van der Waals surface area contributed by atoms with Crippen LogP contribution in [0.25, 0.3) is 0 Å². The van der Waals surface area contributed by atoms with Crippen LogP contribution in [0.2, 0.25) is 0 Å². The van der Waals surface area contributed by atoms with Crippen molar-refractivity contribution in [1.82, 2.24) is 0 Å². The predicted octanol–water partition coefficient (Wildman–Crippen LogP) is 1.37. The van der Waals surface area contributed by atoms with Gasteiger partial charge in [0, 0.05) is 17.3 Å². The van der Waals surface area contributed by atoms with E-state index in [9.17, 15) is 0 Å². The third kappa shape index (κ3) is 1.00. The van der Waals surface area contributed by atoms with E-state index < -0.39 is 0 Å². The van der Waals surface area contributed by atoms with Crippen molar-refractivity contribution in [2.24, 2.45) is 16.6 Å². The molecule has 2 rings (SSSR count). The number of nitrogens with zero attached hydrogens (tertiary/aromatic N) is 1. The standard InChI is InChI=1S/C9H10N2/c1-6-4-7-2-3-8(10)5-9(7)11-6/h2-5,7H,10H2,1H3/t7-/m0/s1. The molecule has 0 saturated heterocycles. The van der Waals surface area contributed by atoms with Gasteiger partial charge in [0.2, 0.25) is 0 Å². The van der Waals surface area contributed by atoms with Gasteiger partial charge in [0.25, 0.3) is 0 Å². The molecule has 1 heterocycles. The fourth-order valence-electron chi connectivity index (χ4n) is 1.38. The highest BCUT2D eigenvalue weighted by Crippen LogP contribution is 2.22. The minimum atomic E-state index is 0.377. The molecule has 0 unspecified atom stereocenters. The average Bonchev–Trinajstić information content (AvgIpc) is 2.27. The Hall–Kier alpha value is -1.31. The molecule has 2 nitrogen and oxygen atoms in total. The molecule has 2 N–H and O–H groups in total. The summed E-state index contributed by atoms with van der Waals surface area (Å²) in [6.07, 6.45) is 8.07. The number of hydrogen-bond acceptors (Lipinski definition) is 2. The fourth-order valence-corrected chi connectivity index (χ4v) is 1.38. The molecule has 1 atom stereocenters. The van der Waals surface area contributed by atoms with E-state index in [2.05, 4.69) is 17.1 Å². The molecule has 2 aliphatic rings. The molecule has 0 fully saturated rings. The lowest BCUT2D eigenvalue weighted by molar-refractivity contribution is 1.14. The van der Waals surface area contributed by atoms with Crippen LogP contribution in [-0.4, -0.2) is 5.71 Å². The molecule has 0 aromatic heterocycles. The van der Waals surface area contributed by atoms with Crippen molar-refractivity contribution in [2.45, 2.75) is 6.92 Å². The Morgan fingerprint density at radius 1 is 1.55 bits per heavy atom. The number of rotatable bonds is 0. The summed E-state index contributed by atoms with van der Waals surface area (Å²) in [5.41, 5.74) is 8.56. The largest absolute Gasteiger partial charge is 0.399 e. The molecule has 11 heavy (non-hydrogen) atoms. The van der Waals surface area contributed by atoms with Crippen LogP contribution in [0.4, 0.5) is 0 Å². The fraction of sp³-hybridized carbons (Fsp3) is 0.222. The van der Waals surface area contributed by atoms with Crippen molar-refractivity contribution < 1.29 is 0 Å². The van der Waals surface area contributed by atoms with Gasteiger partial charge in [-0.25, -0.2) is 0 Å². The third-order valence-electron chi connectivity index (χ3n) is 1.88. The van der Waals surface area contributed by atoms with E-state index in [1.165, 1.54) is 0 Å². The number of allylic oxidation sites excluding steroid dienone is 5. The SMILES string of the molecule is CC1=C[C@@H]2C=CC(N)=CC2=N1. The quantitative estimate of drug-likeness (QED) is 0.550. The zero-order chi connectivity index (χ0) is 7.84. The van der Waals surface area contributed by atoms with Gasteiger partial charge in [-0.15, -0.1) is 0 Å². The first-order valence-electron chi connectivity index (χ1n) is 3.68. The normalized spacial score (nSPS) is 27.4. The maximum absolute atomic E-state index is 5.61. The van der Waals surface area contributed by atoms with E-state index in [0.717, 1.165) is 17.1 Å². The van der Waals surface area contributed by atoms with Gasteiger partial charge in [0.1, 0.15) is 0 Å². The van der Waals surface area contributed by atoms with Crippen molar-refractivity contribution >= 4 is 5.71 Å². The van der Waals surface area contributed by atoms with Crippen LogP contribution in [0, 0.1) is 5.92 Å². The zero-order valence-corrected chi connectivity index (χ0v) is 6.41. The minimum absolute atomic E-state index is 0.377.